The topological polar surface area (TPSA) is 19.6 Å². The standard InChI is InChI=1S/C64H44N2O/c1-5-19-45(20-6-1)47-33-38-52(39-34-47)65(59-31-17-15-28-55(59)49-23-9-3-10-24-49)54-43-58-63-57-30-14-13-27-51(57)37-42-62(63)67-64(58)61(44-54)66(53-40-35-48(36-41-53)46-21-7-2-8-22-46)60-32-18-16-29-56(60)50-25-11-4-12-26-50/h1-44H. The maximum absolute atomic E-state index is 7.20. The molecule has 0 bridgehead atoms. The Labute approximate surface area is 390 Å². The molecule has 12 aromatic rings. The number of furan rings is 1. The Morgan fingerprint density at radius 3 is 1.25 bits per heavy atom. The number of fused-ring (bicyclic) bond motifs is 5. The van der Waals surface area contributed by atoms with Gasteiger partial charge in [-0.1, -0.05) is 212 Å². The van der Waals surface area contributed by atoms with Crippen molar-refractivity contribution in [1.82, 2.24) is 0 Å². The van der Waals surface area contributed by atoms with Gasteiger partial charge in [-0.3, -0.25) is 0 Å². The summed E-state index contributed by atoms with van der Waals surface area (Å²) in [5.41, 5.74) is 16.9. The third kappa shape index (κ3) is 7.39. The summed E-state index contributed by atoms with van der Waals surface area (Å²) < 4.78 is 7.20. The molecule has 3 nitrogen and oxygen atoms in total. The van der Waals surface area contributed by atoms with Gasteiger partial charge in [0.25, 0.3) is 0 Å². The van der Waals surface area contributed by atoms with Crippen LogP contribution in [0.3, 0.4) is 0 Å². The van der Waals surface area contributed by atoms with Gasteiger partial charge in [0.05, 0.1) is 17.1 Å². The van der Waals surface area contributed by atoms with E-state index in [0.717, 1.165) is 100 Å². The molecule has 12 rings (SSSR count). The highest BCUT2D eigenvalue weighted by atomic mass is 16.3. The van der Waals surface area contributed by atoms with Crippen molar-refractivity contribution in [3.8, 4) is 44.5 Å². The van der Waals surface area contributed by atoms with Crippen LogP contribution in [0.5, 0.6) is 0 Å². The summed E-state index contributed by atoms with van der Waals surface area (Å²) in [7, 11) is 0. The monoisotopic (exact) mass is 856 g/mol. The molecule has 316 valence electrons. The Balaban J connectivity index is 1.18. The average Bonchev–Trinajstić information content (AvgIpc) is 3.80. The maximum Gasteiger partial charge on any atom is 0.159 e. The van der Waals surface area contributed by atoms with Gasteiger partial charge < -0.3 is 14.2 Å². The van der Waals surface area contributed by atoms with Crippen molar-refractivity contribution in [3.63, 3.8) is 0 Å². The molecule has 0 unspecified atom stereocenters. The van der Waals surface area contributed by atoms with Crippen LogP contribution in [-0.4, -0.2) is 0 Å². The summed E-state index contributed by atoms with van der Waals surface area (Å²) in [5, 5.41) is 4.43. The molecule has 0 aliphatic rings. The molecule has 0 fully saturated rings. The van der Waals surface area contributed by atoms with E-state index >= 15 is 0 Å². The first-order valence-corrected chi connectivity index (χ1v) is 22.8. The third-order valence-corrected chi connectivity index (χ3v) is 12.9. The van der Waals surface area contributed by atoms with Crippen LogP contribution in [0.1, 0.15) is 0 Å². The second-order valence-electron chi connectivity index (χ2n) is 16.9. The molecule has 67 heavy (non-hydrogen) atoms. The summed E-state index contributed by atoms with van der Waals surface area (Å²) in [6.45, 7) is 0. The van der Waals surface area contributed by atoms with Gasteiger partial charge >= 0.3 is 0 Å². The van der Waals surface area contributed by atoms with E-state index in [4.69, 9.17) is 4.42 Å². The highest BCUT2D eigenvalue weighted by molar-refractivity contribution is 6.22. The van der Waals surface area contributed by atoms with Crippen molar-refractivity contribution in [1.29, 1.82) is 0 Å². The first-order chi connectivity index (χ1) is 33.2. The molecular formula is C64H44N2O. The molecule has 0 aliphatic heterocycles. The summed E-state index contributed by atoms with van der Waals surface area (Å²) in [4.78, 5) is 4.82. The molecule has 0 N–H and O–H groups in total. The molecular weight excluding hydrogens is 813 g/mol. The zero-order valence-electron chi connectivity index (χ0n) is 36.7. The van der Waals surface area contributed by atoms with Crippen LogP contribution in [0.15, 0.2) is 271 Å². The lowest BCUT2D eigenvalue weighted by Crippen LogP contribution is -2.15. The number of benzene rings is 11. The Kier molecular flexibility index (Phi) is 10.2. The van der Waals surface area contributed by atoms with Crippen LogP contribution in [0.4, 0.5) is 34.1 Å². The number of anilines is 6. The highest BCUT2D eigenvalue weighted by Gasteiger charge is 2.27. The van der Waals surface area contributed by atoms with Gasteiger partial charge in [0, 0.05) is 39.0 Å². The number of hydrogen-bond acceptors (Lipinski definition) is 3. The van der Waals surface area contributed by atoms with E-state index in [2.05, 4.69) is 277 Å². The first-order valence-electron chi connectivity index (χ1n) is 22.8. The van der Waals surface area contributed by atoms with E-state index in [1.807, 2.05) is 0 Å². The van der Waals surface area contributed by atoms with Crippen molar-refractivity contribution in [2.24, 2.45) is 0 Å². The Morgan fingerprint density at radius 1 is 0.269 bits per heavy atom. The van der Waals surface area contributed by atoms with Crippen LogP contribution in [0.25, 0.3) is 77.2 Å². The zero-order chi connectivity index (χ0) is 44.5. The molecule has 0 saturated heterocycles. The molecule has 0 aliphatic carbocycles. The second kappa shape index (κ2) is 17.2. The molecule has 0 saturated carbocycles. The van der Waals surface area contributed by atoms with Gasteiger partial charge in [-0.15, -0.1) is 0 Å². The predicted octanol–water partition coefficient (Wildman–Crippen LogP) is 18.3. The van der Waals surface area contributed by atoms with Crippen LogP contribution in [0.2, 0.25) is 0 Å². The highest BCUT2D eigenvalue weighted by Crippen LogP contribution is 2.51. The van der Waals surface area contributed by atoms with Crippen LogP contribution < -0.4 is 9.80 Å². The number of para-hydroxylation sites is 2. The normalized spacial score (nSPS) is 11.3. The fourth-order valence-electron chi connectivity index (χ4n) is 9.67. The van der Waals surface area contributed by atoms with E-state index in [0.29, 0.717) is 0 Å². The summed E-state index contributed by atoms with van der Waals surface area (Å²) >= 11 is 0. The molecule has 0 atom stereocenters. The lowest BCUT2D eigenvalue weighted by Gasteiger charge is -2.31. The van der Waals surface area contributed by atoms with Gasteiger partial charge in [0.15, 0.2) is 5.58 Å². The summed E-state index contributed by atoms with van der Waals surface area (Å²) in [6, 6.07) is 95.5. The van der Waals surface area contributed by atoms with E-state index in [9.17, 15) is 0 Å². The van der Waals surface area contributed by atoms with Crippen LogP contribution in [0, 0.1) is 0 Å². The van der Waals surface area contributed by atoms with Crippen molar-refractivity contribution in [2.45, 2.75) is 0 Å². The Morgan fingerprint density at radius 2 is 0.701 bits per heavy atom. The minimum Gasteiger partial charge on any atom is -0.454 e. The number of hydrogen-bond donors (Lipinski definition) is 0. The van der Waals surface area contributed by atoms with Crippen molar-refractivity contribution in [3.05, 3.63) is 267 Å². The van der Waals surface area contributed by atoms with Crippen LogP contribution in [-0.2, 0) is 0 Å². The number of nitrogens with zero attached hydrogens (tertiary/aromatic N) is 2. The molecule has 3 heteroatoms. The minimum absolute atomic E-state index is 0.806. The van der Waals surface area contributed by atoms with Crippen molar-refractivity contribution < 1.29 is 4.42 Å². The van der Waals surface area contributed by atoms with Gasteiger partial charge in [0.1, 0.15) is 5.58 Å². The lowest BCUT2D eigenvalue weighted by molar-refractivity contribution is 0.669. The summed E-state index contributed by atoms with van der Waals surface area (Å²) in [6.07, 6.45) is 0. The first kappa shape index (κ1) is 39.7. The largest absolute Gasteiger partial charge is 0.454 e. The Hall–Kier alpha value is -8.92. The van der Waals surface area contributed by atoms with Gasteiger partial charge in [-0.25, -0.2) is 0 Å². The van der Waals surface area contributed by atoms with E-state index in [1.165, 1.54) is 11.1 Å². The molecule has 0 spiro atoms. The van der Waals surface area contributed by atoms with Gasteiger partial charge in [0.2, 0.25) is 0 Å². The van der Waals surface area contributed by atoms with Gasteiger partial charge in [-0.2, -0.15) is 0 Å². The fraction of sp³-hybridized carbons (Fsp3) is 0. The molecule has 1 aromatic heterocycles. The average molecular weight is 857 g/mol. The maximum atomic E-state index is 7.20. The smallest absolute Gasteiger partial charge is 0.159 e. The SMILES string of the molecule is c1ccc(-c2ccc(N(c3cc(N(c4ccc(-c5ccccc5)cc4)c4ccccc4-c4ccccc4)c4oc5ccc6ccccc6c5c4c3)c3ccccc3-c3ccccc3)cc2)cc1. The van der Waals surface area contributed by atoms with Gasteiger partial charge in [-0.05, 0) is 98.8 Å². The quantitative estimate of drug-likeness (QED) is 0.137. The zero-order valence-corrected chi connectivity index (χ0v) is 36.7. The Bertz CT molecular complexity index is 3660. The third-order valence-electron chi connectivity index (χ3n) is 12.9. The van der Waals surface area contributed by atoms with Crippen molar-refractivity contribution >= 4 is 66.8 Å². The van der Waals surface area contributed by atoms with E-state index < -0.39 is 0 Å². The lowest BCUT2D eigenvalue weighted by atomic mass is 9.98. The van der Waals surface area contributed by atoms with E-state index in [1.54, 1.807) is 0 Å². The second-order valence-corrected chi connectivity index (χ2v) is 16.9. The van der Waals surface area contributed by atoms with Crippen molar-refractivity contribution in [2.75, 3.05) is 9.80 Å². The van der Waals surface area contributed by atoms with E-state index in [-0.39, 0.29) is 0 Å². The predicted molar refractivity (Wildman–Crippen MR) is 282 cm³/mol. The number of rotatable bonds is 10. The van der Waals surface area contributed by atoms with Crippen LogP contribution >= 0.6 is 0 Å². The summed E-state index contributed by atoms with van der Waals surface area (Å²) in [5.74, 6) is 0. The minimum atomic E-state index is 0.806. The molecule has 0 amide bonds. The fourth-order valence-corrected chi connectivity index (χ4v) is 9.67. The molecule has 0 radical (unpaired) electrons. The molecule has 11 aromatic carbocycles. The molecule has 1 heterocycles.